The Morgan fingerprint density at radius 1 is 1.14 bits per heavy atom. The molecule has 0 radical (unpaired) electrons. The monoisotopic (exact) mass is 630 g/mol. The van der Waals surface area contributed by atoms with Crippen LogP contribution in [0.1, 0.15) is 48.4 Å². The molecule has 44 heavy (non-hydrogen) atoms. The molecule has 1 aliphatic heterocycles. The number of nitriles is 1. The Bertz CT molecular complexity index is 1370. The molecular formula is C28H28F6N4O6. The summed E-state index contributed by atoms with van der Waals surface area (Å²) in [4.78, 5) is 11.8. The zero-order valence-corrected chi connectivity index (χ0v) is 23.3. The van der Waals surface area contributed by atoms with Gasteiger partial charge in [0, 0.05) is 24.7 Å². The summed E-state index contributed by atoms with van der Waals surface area (Å²) >= 11 is 0. The van der Waals surface area contributed by atoms with Crippen molar-refractivity contribution in [2.75, 3.05) is 19.8 Å². The summed E-state index contributed by atoms with van der Waals surface area (Å²) in [6.07, 6.45) is -8.52. The first-order chi connectivity index (χ1) is 20.8. The molecule has 1 saturated heterocycles. The predicted octanol–water partition coefficient (Wildman–Crippen LogP) is 6.18. The fourth-order valence-electron chi connectivity index (χ4n) is 3.88. The van der Waals surface area contributed by atoms with E-state index in [1.165, 1.54) is 31.2 Å². The van der Waals surface area contributed by atoms with Crippen LogP contribution in [-0.2, 0) is 37.9 Å². The minimum absolute atomic E-state index is 0.0701. The molecule has 2 N–H and O–H groups in total. The third-order valence-corrected chi connectivity index (χ3v) is 6.02. The minimum Gasteiger partial charge on any atom is -0.489 e. The zero-order chi connectivity index (χ0) is 32.3. The normalized spacial score (nSPS) is 16.4. The van der Waals surface area contributed by atoms with E-state index < -0.39 is 47.8 Å². The lowest BCUT2D eigenvalue weighted by Gasteiger charge is -2.22. The van der Waals surface area contributed by atoms with Gasteiger partial charge in [-0.15, -0.1) is 5.10 Å². The smallest absolute Gasteiger partial charge is 0.489 e. The molecule has 1 fully saturated rings. The summed E-state index contributed by atoms with van der Waals surface area (Å²) in [5, 5.41) is 21.6. The van der Waals surface area contributed by atoms with E-state index in [0.717, 1.165) is 19.3 Å². The van der Waals surface area contributed by atoms with Crippen LogP contribution in [0.4, 0.5) is 31.1 Å². The molecule has 0 spiro atoms. The number of hydrazone groups is 1. The van der Waals surface area contributed by atoms with Gasteiger partial charge in [0.15, 0.2) is 12.3 Å². The predicted molar refractivity (Wildman–Crippen MR) is 142 cm³/mol. The van der Waals surface area contributed by atoms with E-state index in [-0.39, 0.29) is 42.4 Å². The molecule has 2 aromatic rings. The van der Waals surface area contributed by atoms with Crippen molar-refractivity contribution in [3.8, 4) is 11.8 Å². The SMILES string of the molecule is C/C(=N\NC(C#N)C(=N)c1cccc(OCc2cc(C(F)(F)F)ccc2C(F)(F)F)c1)OC(=O)OCCOC1CCCCO1. The van der Waals surface area contributed by atoms with Crippen LogP contribution in [0, 0.1) is 16.7 Å². The molecular weight excluding hydrogens is 602 g/mol. The first-order valence-corrected chi connectivity index (χ1v) is 13.1. The molecule has 2 atom stereocenters. The van der Waals surface area contributed by atoms with Gasteiger partial charge in [-0.05, 0) is 49.6 Å². The lowest BCUT2D eigenvalue weighted by Crippen LogP contribution is -2.33. The average Bonchev–Trinajstić information content (AvgIpc) is 2.98. The summed E-state index contributed by atoms with van der Waals surface area (Å²) < 4.78 is 105. The molecule has 1 aliphatic rings. The molecule has 16 heteroatoms. The number of carbonyl (C=O) groups excluding carboxylic acids is 1. The zero-order valence-electron chi connectivity index (χ0n) is 23.3. The summed E-state index contributed by atoms with van der Waals surface area (Å²) in [5.74, 6) is -0.308. The van der Waals surface area contributed by atoms with E-state index in [1.807, 2.05) is 0 Å². The average molecular weight is 631 g/mol. The summed E-state index contributed by atoms with van der Waals surface area (Å²) in [6, 6.07) is 6.78. The second kappa shape index (κ2) is 15.4. The maximum Gasteiger partial charge on any atom is 0.515 e. The fraction of sp³-hybridized carbons (Fsp3) is 0.429. The van der Waals surface area contributed by atoms with Crippen LogP contribution in [0.25, 0.3) is 0 Å². The van der Waals surface area contributed by atoms with Crippen molar-refractivity contribution < 1.29 is 54.8 Å². The first kappa shape index (κ1) is 34.1. The van der Waals surface area contributed by atoms with Crippen molar-refractivity contribution in [1.29, 1.82) is 10.7 Å². The molecule has 1 heterocycles. The number of benzene rings is 2. The third-order valence-electron chi connectivity index (χ3n) is 6.02. The number of carbonyl (C=O) groups is 1. The highest BCUT2D eigenvalue weighted by atomic mass is 19.4. The number of nitrogens with zero attached hydrogens (tertiary/aromatic N) is 2. The largest absolute Gasteiger partial charge is 0.515 e. The number of hydrogen-bond acceptors (Lipinski definition) is 10. The number of hydrogen-bond donors (Lipinski definition) is 2. The molecule has 0 bridgehead atoms. The van der Waals surface area contributed by atoms with Crippen molar-refractivity contribution in [3.63, 3.8) is 0 Å². The Balaban J connectivity index is 1.56. The van der Waals surface area contributed by atoms with Crippen LogP contribution in [0.5, 0.6) is 5.75 Å². The number of rotatable bonds is 11. The van der Waals surface area contributed by atoms with Gasteiger partial charge < -0.3 is 29.1 Å². The van der Waals surface area contributed by atoms with Crippen LogP contribution in [0.3, 0.4) is 0 Å². The van der Waals surface area contributed by atoms with Gasteiger partial charge in [0.25, 0.3) is 0 Å². The van der Waals surface area contributed by atoms with Crippen molar-refractivity contribution in [2.45, 2.75) is 57.5 Å². The Hall–Kier alpha value is -4.36. The van der Waals surface area contributed by atoms with Crippen molar-refractivity contribution in [3.05, 3.63) is 64.7 Å². The second-order valence-electron chi connectivity index (χ2n) is 9.29. The maximum absolute atomic E-state index is 13.4. The molecule has 2 unspecified atom stereocenters. The van der Waals surface area contributed by atoms with E-state index in [9.17, 15) is 36.4 Å². The lowest BCUT2D eigenvalue weighted by atomic mass is 10.0. The fourth-order valence-corrected chi connectivity index (χ4v) is 3.88. The van der Waals surface area contributed by atoms with E-state index in [4.69, 9.17) is 29.1 Å². The van der Waals surface area contributed by atoms with Crippen molar-refractivity contribution >= 4 is 17.8 Å². The maximum atomic E-state index is 13.4. The van der Waals surface area contributed by atoms with E-state index in [0.29, 0.717) is 24.8 Å². The van der Waals surface area contributed by atoms with Crippen LogP contribution in [0.2, 0.25) is 0 Å². The van der Waals surface area contributed by atoms with Crippen LogP contribution in [-0.4, -0.2) is 49.9 Å². The van der Waals surface area contributed by atoms with Gasteiger partial charge >= 0.3 is 18.5 Å². The van der Waals surface area contributed by atoms with Gasteiger partial charge in [0.1, 0.15) is 19.0 Å². The molecule has 3 rings (SSSR count). The number of ether oxygens (including phenoxy) is 5. The van der Waals surface area contributed by atoms with Crippen LogP contribution < -0.4 is 10.2 Å². The molecule has 2 aromatic carbocycles. The van der Waals surface area contributed by atoms with E-state index in [1.54, 1.807) is 6.07 Å². The van der Waals surface area contributed by atoms with Crippen LogP contribution in [0.15, 0.2) is 47.6 Å². The van der Waals surface area contributed by atoms with Gasteiger partial charge in [-0.2, -0.15) is 31.6 Å². The van der Waals surface area contributed by atoms with Gasteiger partial charge in [0.2, 0.25) is 5.90 Å². The first-order valence-electron chi connectivity index (χ1n) is 13.1. The minimum atomic E-state index is -4.92. The lowest BCUT2D eigenvalue weighted by molar-refractivity contribution is -0.167. The number of nitrogens with one attached hydrogen (secondary N) is 2. The van der Waals surface area contributed by atoms with Gasteiger partial charge in [0.05, 0.1) is 29.5 Å². The molecule has 10 nitrogen and oxygen atoms in total. The highest BCUT2D eigenvalue weighted by Crippen LogP contribution is 2.37. The highest BCUT2D eigenvalue weighted by Gasteiger charge is 2.37. The third kappa shape index (κ3) is 10.4. The molecule has 0 amide bonds. The number of halogens is 6. The van der Waals surface area contributed by atoms with E-state index >= 15 is 0 Å². The van der Waals surface area contributed by atoms with Gasteiger partial charge in [-0.3, -0.25) is 5.43 Å². The standard InChI is InChI=1S/C28H28F6N4O6/c1-17(44-26(39)42-12-11-41-24-7-2-3-10-40-24)37-38-23(15-35)25(36)18-5-4-6-21(14-18)43-16-19-13-20(27(29,30)31)8-9-22(19)28(32,33)34/h4-6,8-9,13-14,23-24,36,38H,2-3,7,10-12,16H2,1H3/b36-25?,37-17+. The molecule has 0 aromatic heterocycles. The van der Waals surface area contributed by atoms with Crippen LogP contribution >= 0.6 is 0 Å². The quantitative estimate of drug-likeness (QED) is 0.0751. The molecule has 238 valence electrons. The molecule has 0 saturated carbocycles. The number of alkyl halides is 6. The summed E-state index contributed by atoms with van der Waals surface area (Å²) in [7, 11) is 0. The Morgan fingerprint density at radius 2 is 1.91 bits per heavy atom. The Kier molecular flexibility index (Phi) is 11.9. The van der Waals surface area contributed by atoms with Crippen molar-refractivity contribution in [2.24, 2.45) is 5.10 Å². The van der Waals surface area contributed by atoms with E-state index in [2.05, 4.69) is 10.5 Å². The highest BCUT2D eigenvalue weighted by molar-refractivity contribution is 6.04. The Morgan fingerprint density at radius 3 is 2.57 bits per heavy atom. The van der Waals surface area contributed by atoms with Gasteiger partial charge in [-0.25, -0.2) is 4.79 Å². The van der Waals surface area contributed by atoms with Crippen molar-refractivity contribution in [1.82, 2.24) is 5.43 Å². The Labute approximate surface area is 248 Å². The topological polar surface area (TPSA) is 135 Å². The summed E-state index contributed by atoms with van der Waals surface area (Å²) in [5.41, 5.74) is -1.18. The van der Waals surface area contributed by atoms with Gasteiger partial charge in [-0.1, -0.05) is 12.1 Å². The second-order valence-corrected chi connectivity index (χ2v) is 9.29. The summed E-state index contributed by atoms with van der Waals surface area (Å²) in [6.45, 7) is 1.03. The molecule has 0 aliphatic carbocycles.